The van der Waals surface area contributed by atoms with Crippen molar-refractivity contribution < 1.29 is 24.9 Å². The second-order valence-electron chi connectivity index (χ2n) is 11.2. The van der Waals surface area contributed by atoms with Gasteiger partial charge >= 0.3 is 0 Å². The highest BCUT2D eigenvalue weighted by Gasteiger charge is 2.48. The van der Waals surface area contributed by atoms with Gasteiger partial charge in [-0.25, -0.2) is 0 Å². The highest BCUT2D eigenvalue weighted by Crippen LogP contribution is 2.22. The first-order chi connectivity index (χ1) is 18.4. The third-order valence-electron chi connectivity index (χ3n) is 7.68. The van der Waals surface area contributed by atoms with Gasteiger partial charge in [-0.15, -0.1) is 0 Å². The molecule has 0 saturated carbocycles. The number of hydrogen-bond acceptors (Lipinski definition) is 5. The Morgan fingerprint density at radius 1 is 0.579 bits per heavy atom. The van der Waals surface area contributed by atoms with Crippen LogP contribution in [-0.2, 0) is 9.59 Å². The summed E-state index contributed by atoms with van der Waals surface area (Å²) in [6, 6.07) is 0. The molecule has 2 unspecified atom stereocenters. The Kier molecular flexibility index (Phi) is 25.5. The fraction of sp³-hybridized carbons (Fsp3) is 0.879. The van der Waals surface area contributed by atoms with E-state index in [1.165, 1.54) is 83.5 Å². The molecule has 2 atom stereocenters. The molecule has 0 rings (SSSR count). The maximum atomic E-state index is 12.7. The predicted octanol–water partition coefficient (Wildman–Crippen LogP) is 8.17. The van der Waals surface area contributed by atoms with Crippen molar-refractivity contribution in [2.75, 3.05) is 6.61 Å². The first-order valence-corrected chi connectivity index (χ1v) is 16.2. The van der Waals surface area contributed by atoms with E-state index in [-0.39, 0.29) is 12.8 Å². The molecule has 3 N–H and O–H groups in total. The molecule has 5 nitrogen and oxygen atoms in total. The quantitative estimate of drug-likeness (QED) is 0.0507. The van der Waals surface area contributed by atoms with Gasteiger partial charge in [-0.2, -0.15) is 0 Å². The average Bonchev–Trinajstić information content (AvgIpc) is 2.92. The van der Waals surface area contributed by atoms with Crippen molar-refractivity contribution in [3.8, 4) is 0 Å². The molecule has 0 aromatic carbocycles. The van der Waals surface area contributed by atoms with E-state index in [9.17, 15) is 24.9 Å². The van der Waals surface area contributed by atoms with Gasteiger partial charge in [0.2, 0.25) is 5.60 Å². The molecule has 0 aliphatic heterocycles. The van der Waals surface area contributed by atoms with Crippen molar-refractivity contribution in [2.45, 2.75) is 180 Å². The molecular weight excluding hydrogens is 476 g/mol. The van der Waals surface area contributed by atoms with Crippen LogP contribution in [0.15, 0.2) is 12.2 Å². The lowest BCUT2D eigenvalue weighted by Gasteiger charge is -2.29. The molecule has 0 fully saturated rings. The molecule has 0 amide bonds. The molecule has 0 saturated heterocycles. The van der Waals surface area contributed by atoms with Crippen molar-refractivity contribution in [3.05, 3.63) is 12.2 Å². The number of unbranched alkanes of at least 4 members (excludes halogenated alkanes) is 19. The van der Waals surface area contributed by atoms with Gasteiger partial charge < -0.3 is 15.3 Å². The lowest BCUT2D eigenvalue weighted by atomic mass is 9.82. The molecule has 0 aromatic heterocycles. The number of aliphatic hydroxyl groups excluding tert-OH is 2. The highest BCUT2D eigenvalue weighted by molar-refractivity contribution is 6.10. The topological polar surface area (TPSA) is 94.8 Å². The third kappa shape index (κ3) is 18.3. The zero-order valence-corrected chi connectivity index (χ0v) is 25.1. The summed E-state index contributed by atoms with van der Waals surface area (Å²) in [4.78, 5) is 25.3. The molecule has 0 aliphatic carbocycles. The van der Waals surface area contributed by atoms with Gasteiger partial charge in [0.1, 0.15) is 6.10 Å². The Morgan fingerprint density at radius 3 is 1.24 bits per heavy atom. The Bertz CT molecular complexity index is 588. The van der Waals surface area contributed by atoms with Crippen molar-refractivity contribution in [1.29, 1.82) is 0 Å². The molecule has 0 bridgehead atoms. The van der Waals surface area contributed by atoms with E-state index in [0.717, 1.165) is 44.9 Å². The van der Waals surface area contributed by atoms with E-state index >= 15 is 0 Å². The monoisotopic (exact) mass is 538 g/mol. The van der Waals surface area contributed by atoms with Crippen LogP contribution in [-0.4, -0.2) is 45.2 Å². The van der Waals surface area contributed by atoms with E-state index < -0.39 is 29.9 Å². The summed E-state index contributed by atoms with van der Waals surface area (Å²) in [7, 11) is 0. The first kappa shape index (κ1) is 37.0. The molecule has 0 aliphatic rings. The van der Waals surface area contributed by atoms with Crippen LogP contribution >= 0.6 is 0 Å². The lowest BCUT2D eigenvalue weighted by Crippen LogP contribution is -2.57. The van der Waals surface area contributed by atoms with Crippen LogP contribution in [0.4, 0.5) is 0 Å². The molecule has 0 radical (unpaired) electrons. The third-order valence-corrected chi connectivity index (χ3v) is 7.68. The number of aliphatic hydroxyl groups is 3. The molecule has 0 spiro atoms. The molecule has 0 heterocycles. The maximum absolute atomic E-state index is 12.7. The zero-order chi connectivity index (χ0) is 28.3. The van der Waals surface area contributed by atoms with Crippen molar-refractivity contribution in [3.63, 3.8) is 0 Å². The number of ketones is 2. The number of Topliss-reactive ketones (excluding diaryl/α,β-unsaturated/α-hetero) is 2. The predicted molar refractivity (Wildman–Crippen MR) is 159 cm³/mol. The van der Waals surface area contributed by atoms with Gasteiger partial charge in [0.05, 0.1) is 6.61 Å². The van der Waals surface area contributed by atoms with Crippen LogP contribution in [0.1, 0.15) is 168 Å². The van der Waals surface area contributed by atoms with Gasteiger partial charge in [-0.3, -0.25) is 9.59 Å². The first-order valence-electron chi connectivity index (χ1n) is 16.2. The lowest BCUT2D eigenvalue weighted by molar-refractivity contribution is -0.166. The van der Waals surface area contributed by atoms with E-state index in [1.807, 2.05) is 0 Å². The van der Waals surface area contributed by atoms with E-state index in [4.69, 9.17) is 0 Å². The maximum Gasteiger partial charge on any atom is 0.209 e. The summed E-state index contributed by atoms with van der Waals surface area (Å²) in [5.41, 5.74) is -2.47. The second kappa shape index (κ2) is 26.2. The van der Waals surface area contributed by atoms with E-state index in [1.54, 1.807) is 0 Å². The fourth-order valence-corrected chi connectivity index (χ4v) is 4.99. The van der Waals surface area contributed by atoms with Gasteiger partial charge in [-0.05, 0) is 38.5 Å². The fourth-order valence-electron chi connectivity index (χ4n) is 4.99. The zero-order valence-electron chi connectivity index (χ0n) is 25.1. The standard InChI is InChI=1S/C33H62O5/c1-3-5-7-9-10-11-12-13-14-15-16-17-18-19-20-21-22-24-26-28-31(36)33(38,32(37)29-34)30(35)27-25-23-8-6-4-2/h13-14,32,34,37-38H,3-12,15-29H2,1-2H3/b14-13-. The SMILES string of the molecule is CCCCCCCC/C=C\CCCCCCCCCCCC(=O)C(O)(C(=O)CCCCCCC)C(O)CO. The van der Waals surface area contributed by atoms with Gasteiger partial charge in [-0.1, -0.05) is 129 Å². The Hall–Kier alpha value is -1.04. The van der Waals surface area contributed by atoms with E-state index in [2.05, 4.69) is 26.0 Å². The molecular formula is C33H62O5. The smallest absolute Gasteiger partial charge is 0.209 e. The van der Waals surface area contributed by atoms with Crippen molar-refractivity contribution >= 4 is 11.6 Å². The van der Waals surface area contributed by atoms with Gasteiger partial charge in [0.25, 0.3) is 0 Å². The summed E-state index contributed by atoms with van der Waals surface area (Å²) in [5.74, 6) is -1.31. The molecule has 38 heavy (non-hydrogen) atoms. The van der Waals surface area contributed by atoms with Crippen LogP contribution < -0.4 is 0 Å². The Labute approximate surface area is 234 Å². The van der Waals surface area contributed by atoms with Crippen LogP contribution in [0.25, 0.3) is 0 Å². The minimum atomic E-state index is -2.47. The number of carbonyl (C=O) groups excluding carboxylic acids is 2. The minimum absolute atomic E-state index is 0.0541. The van der Waals surface area contributed by atoms with Crippen molar-refractivity contribution in [2.24, 2.45) is 0 Å². The van der Waals surface area contributed by atoms with E-state index in [0.29, 0.717) is 12.8 Å². The Morgan fingerprint density at radius 2 is 0.895 bits per heavy atom. The summed E-state index contributed by atoms with van der Waals surface area (Å²) in [6.07, 6.45) is 28.2. The minimum Gasteiger partial charge on any atom is -0.394 e. The normalized spacial score (nSPS) is 14.1. The molecule has 224 valence electrons. The largest absolute Gasteiger partial charge is 0.394 e. The van der Waals surface area contributed by atoms with Crippen LogP contribution in [0, 0.1) is 0 Å². The second-order valence-corrected chi connectivity index (χ2v) is 11.2. The summed E-state index contributed by atoms with van der Waals surface area (Å²) >= 11 is 0. The summed E-state index contributed by atoms with van der Waals surface area (Å²) in [6.45, 7) is 3.56. The average molecular weight is 539 g/mol. The van der Waals surface area contributed by atoms with Crippen LogP contribution in [0.5, 0.6) is 0 Å². The van der Waals surface area contributed by atoms with Gasteiger partial charge in [0.15, 0.2) is 11.6 Å². The summed E-state index contributed by atoms with van der Waals surface area (Å²) in [5, 5.41) is 30.2. The van der Waals surface area contributed by atoms with Crippen molar-refractivity contribution in [1.82, 2.24) is 0 Å². The number of hydrogen-bond donors (Lipinski definition) is 3. The van der Waals surface area contributed by atoms with Crippen LogP contribution in [0.3, 0.4) is 0 Å². The van der Waals surface area contributed by atoms with Crippen LogP contribution in [0.2, 0.25) is 0 Å². The molecule has 5 heteroatoms. The van der Waals surface area contributed by atoms with Gasteiger partial charge in [0, 0.05) is 12.8 Å². The number of carbonyl (C=O) groups is 2. The molecule has 0 aromatic rings. The highest BCUT2D eigenvalue weighted by atomic mass is 16.4. The number of allylic oxidation sites excluding steroid dienone is 2. The summed E-state index contributed by atoms with van der Waals surface area (Å²) < 4.78 is 0. The Balaban J connectivity index is 3.85. The number of rotatable bonds is 29.